The molecule has 0 radical (unpaired) electrons. The van der Waals surface area contributed by atoms with Gasteiger partial charge in [0.15, 0.2) is 0 Å². The Balaban J connectivity index is 2.56. The molecule has 1 rings (SSSR count). The molecule has 7 nitrogen and oxygen atoms in total. The fourth-order valence-corrected chi connectivity index (χ4v) is 1.47. The number of anilines is 1. The van der Waals surface area contributed by atoms with Crippen molar-refractivity contribution in [1.29, 1.82) is 0 Å². The molecule has 4 N–H and O–H groups in total. The van der Waals surface area contributed by atoms with Gasteiger partial charge in [0.2, 0.25) is 5.95 Å². The lowest BCUT2D eigenvalue weighted by atomic mass is 10.2. The number of aromatic nitrogens is 2. The van der Waals surface area contributed by atoms with E-state index in [1.807, 2.05) is 13.8 Å². The monoisotopic (exact) mass is 268 g/mol. The van der Waals surface area contributed by atoms with Crippen LogP contribution in [0.25, 0.3) is 0 Å². The van der Waals surface area contributed by atoms with Crippen LogP contribution in [0.1, 0.15) is 26.3 Å². The number of aliphatic hydroxyl groups is 1. The SMILES string of the molecule is CC(C)Nc1ncc(CN[C@@H](C(=O)O)[C@@H](C)O)cn1. The molecule has 0 aliphatic carbocycles. The first-order valence-corrected chi connectivity index (χ1v) is 6.12. The van der Waals surface area contributed by atoms with Gasteiger partial charge >= 0.3 is 5.97 Å². The van der Waals surface area contributed by atoms with Crippen molar-refractivity contribution in [1.82, 2.24) is 15.3 Å². The quantitative estimate of drug-likeness (QED) is 0.560. The van der Waals surface area contributed by atoms with Gasteiger partial charge < -0.3 is 15.5 Å². The summed E-state index contributed by atoms with van der Waals surface area (Å²) in [5.41, 5.74) is 0.751. The highest BCUT2D eigenvalue weighted by atomic mass is 16.4. The van der Waals surface area contributed by atoms with E-state index in [2.05, 4.69) is 20.6 Å². The van der Waals surface area contributed by atoms with E-state index in [9.17, 15) is 9.90 Å². The summed E-state index contributed by atoms with van der Waals surface area (Å²) in [5.74, 6) is -0.557. The van der Waals surface area contributed by atoms with Crippen molar-refractivity contribution in [3.63, 3.8) is 0 Å². The van der Waals surface area contributed by atoms with Gasteiger partial charge in [-0.3, -0.25) is 10.1 Å². The van der Waals surface area contributed by atoms with Crippen LogP contribution < -0.4 is 10.6 Å². The van der Waals surface area contributed by atoms with E-state index in [0.717, 1.165) is 5.56 Å². The van der Waals surface area contributed by atoms with Crippen LogP contribution in [-0.4, -0.2) is 44.3 Å². The first-order valence-electron chi connectivity index (χ1n) is 6.12. The number of rotatable bonds is 7. The van der Waals surface area contributed by atoms with Gasteiger partial charge in [-0.2, -0.15) is 0 Å². The van der Waals surface area contributed by atoms with Gasteiger partial charge in [0.05, 0.1) is 6.10 Å². The van der Waals surface area contributed by atoms with E-state index in [0.29, 0.717) is 5.95 Å². The Morgan fingerprint density at radius 3 is 2.32 bits per heavy atom. The minimum absolute atomic E-state index is 0.246. The third-order valence-electron chi connectivity index (χ3n) is 2.40. The summed E-state index contributed by atoms with van der Waals surface area (Å²) in [6.45, 7) is 5.68. The molecule has 7 heteroatoms. The maximum Gasteiger partial charge on any atom is 0.323 e. The Kier molecular flexibility index (Phi) is 5.65. The van der Waals surface area contributed by atoms with Crippen LogP contribution in [0.4, 0.5) is 5.95 Å². The van der Waals surface area contributed by atoms with Crippen LogP contribution >= 0.6 is 0 Å². The zero-order chi connectivity index (χ0) is 14.4. The number of carboxylic acids is 1. The van der Waals surface area contributed by atoms with E-state index in [1.54, 1.807) is 12.4 Å². The highest BCUT2D eigenvalue weighted by molar-refractivity contribution is 5.74. The van der Waals surface area contributed by atoms with Gasteiger partial charge in [-0.1, -0.05) is 0 Å². The first-order chi connectivity index (χ1) is 8.90. The van der Waals surface area contributed by atoms with Crippen molar-refractivity contribution in [2.24, 2.45) is 0 Å². The van der Waals surface area contributed by atoms with Gasteiger partial charge in [-0.25, -0.2) is 9.97 Å². The van der Waals surface area contributed by atoms with Crippen molar-refractivity contribution in [2.45, 2.75) is 45.5 Å². The highest BCUT2D eigenvalue weighted by Gasteiger charge is 2.22. The van der Waals surface area contributed by atoms with Crippen molar-refractivity contribution in [3.05, 3.63) is 18.0 Å². The average Bonchev–Trinajstić information content (AvgIpc) is 2.29. The molecule has 0 saturated carbocycles. The summed E-state index contributed by atoms with van der Waals surface area (Å²) in [7, 11) is 0. The summed E-state index contributed by atoms with van der Waals surface area (Å²) in [6, 6.07) is -0.760. The Labute approximate surface area is 112 Å². The van der Waals surface area contributed by atoms with Crippen LogP contribution in [0.3, 0.4) is 0 Å². The Bertz CT molecular complexity index is 406. The summed E-state index contributed by atoms with van der Waals surface area (Å²) < 4.78 is 0. The lowest BCUT2D eigenvalue weighted by Crippen LogP contribution is -2.44. The fraction of sp³-hybridized carbons (Fsp3) is 0.583. The minimum Gasteiger partial charge on any atom is -0.480 e. The second-order valence-corrected chi connectivity index (χ2v) is 4.65. The molecule has 0 bridgehead atoms. The van der Waals surface area contributed by atoms with Gasteiger partial charge in [-0.05, 0) is 20.8 Å². The second-order valence-electron chi connectivity index (χ2n) is 4.65. The van der Waals surface area contributed by atoms with E-state index in [4.69, 9.17) is 5.11 Å². The van der Waals surface area contributed by atoms with E-state index >= 15 is 0 Å². The fourth-order valence-electron chi connectivity index (χ4n) is 1.47. The molecule has 0 saturated heterocycles. The van der Waals surface area contributed by atoms with Crippen molar-refractivity contribution in [2.75, 3.05) is 5.32 Å². The molecule has 1 heterocycles. The molecule has 0 aliphatic heterocycles. The Morgan fingerprint density at radius 1 is 1.32 bits per heavy atom. The highest BCUT2D eigenvalue weighted by Crippen LogP contribution is 2.03. The molecular weight excluding hydrogens is 248 g/mol. The number of nitrogens with zero attached hydrogens (tertiary/aromatic N) is 2. The summed E-state index contributed by atoms with van der Waals surface area (Å²) in [5, 5.41) is 24.0. The number of carbonyl (C=O) groups is 1. The smallest absolute Gasteiger partial charge is 0.323 e. The maximum absolute atomic E-state index is 10.9. The standard InChI is InChI=1S/C12H20N4O3/c1-7(2)16-12-14-5-9(6-15-12)4-13-10(8(3)17)11(18)19/h5-8,10,13,17H,4H2,1-3H3,(H,18,19)(H,14,15,16)/t8-,10-/m1/s1. The van der Waals surface area contributed by atoms with Crippen molar-refractivity contribution in [3.8, 4) is 0 Å². The Hall–Kier alpha value is -1.73. The van der Waals surface area contributed by atoms with Crippen LogP contribution in [0.15, 0.2) is 12.4 Å². The van der Waals surface area contributed by atoms with Gasteiger partial charge in [0, 0.05) is 30.5 Å². The predicted molar refractivity (Wildman–Crippen MR) is 70.7 cm³/mol. The van der Waals surface area contributed by atoms with Gasteiger partial charge in [-0.15, -0.1) is 0 Å². The van der Waals surface area contributed by atoms with Crippen LogP contribution in [0.5, 0.6) is 0 Å². The van der Waals surface area contributed by atoms with Crippen molar-refractivity contribution < 1.29 is 15.0 Å². The molecule has 1 aromatic rings. The molecule has 0 unspecified atom stereocenters. The first kappa shape index (κ1) is 15.3. The lowest BCUT2D eigenvalue weighted by molar-refractivity contribution is -0.142. The van der Waals surface area contributed by atoms with Crippen molar-refractivity contribution >= 4 is 11.9 Å². The number of aliphatic hydroxyl groups excluding tert-OH is 1. The number of hydrogen-bond donors (Lipinski definition) is 4. The number of nitrogens with one attached hydrogen (secondary N) is 2. The topological polar surface area (TPSA) is 107 Å². The maximum atomic E-state index is 10.9. The third-order valence-corrected chi connectivity index (χ3v) is 2.40. The zero-order valence-electron chi connectivity index (χ0n) is 11.3. The number of hydrogen-bond acceptors (Lipinski definition) is 6. The average molecular weight is 268 g/mol. The number of aliphatic carboxylic acids is 1. The van der Waals surface area contributed by atoms with E-state index in [1.165, 1.54) is 6.92 Å². The van der Waals surface area contributed by atoms with Crippen LogP contribution in [0.2, 0.25) is 0 Å². The second kappa shape index (κ2) is 7.01. The molecule has 0 aromatic carbocycles. The molecule has 0 fully saturated rings. The molecule has 2 atom stereocenters. The molecule has 19 heavy (non-hydrogen) atoms. The van der Waals surface area contributed by atoms with E-state index < -0.39 is 18.1 Å². The summed E-state index contributed by atoms with van der Waals surface area (Å²) >= 11 is 0. The van der Waals surface area contributed by atoms with E-state index in [-0.39, 0.29) is 12.6 Å². The minimum atomic E-state index is -1.09. The largest absolute Gasteiger partial charge is 0.480 e. The molecule has 0 aliphatic rings. The molecule has 106 valence electrons. The number of carboxylic acid groups (broad SMARTS) is 1. The third kappa shape index (κ3) is 5.19. The molecule has 0 amide bonds. The van der Waals surface area contributed by atoms with Gasteiger partial charge in [0.1, 0.15) is 6.04 Å². The van der Waals surface area contributed by atoms with Crippen LogP contribution in [-0.2, 0) is 11.3 Å². The molecular formula is C12H20N4O3. The molecule has 0 spiro atoms. The lowest BCUT2D eigenvalue weighted by Gasteiger charge is -2.16. The zero-order valence-corrected chi connectivity index (χ0v) is 11.3. The Morgan fingerprint density at radius 2 is 1.89 bits per heavy atom. The summed E-state index contributed by atoms with van der Waals surface area (Å²) in [4.78, 5) is 19.1. The van der Waals surface area contributed by atoms with Gasteiger partial charge in [0.25, 0.3) is 0 Å². The van der Waals surface area contributed by atoms with Crippen LogP contribution in [0, 0.1) is 0 Å². The summed E-state index contributed by atoms with van der Waals surface area (Å²) in [6.07, 6.45) is 2.26. The predicted octanol–water partition coefficient (Wildman–Crippen LogP) is 0.221. The molecule has 1 aromatic heterocycles. The normalized spacial score (nSPS) is 14.2.